The van der Waals surface area contributed by atoms with Gasteiger partial charge in [-0.1, -0.05) is 0 Å². The minimum absolute atomic E-state index is 0.156. The Hall–Kier alpha value is -1.64. The van der Waals surface area contributed by atoms with Crippen LogP contribution < -0.4 is 0 Å². The van der Waals surface area contributed by atoms with Crippen molar-refractivity contribution in [2.24, 2.45) is 0 Å². The maximum absolute atomic E-state index is 12.4. The van der Waals surface area contributed by atoms with Crippen molar-refractivity contribution >= 4 is 0 Å². The van der Waals surface area contributed by atoms with Gasteiger partial charge in [0.1, 0.15) is 210 Å². The first-order chi connectivity index (χ1) is 50.5. The van der Waals surface area contributed by atoms with E-state index in [9.17, 15) is 91.9 Å². The molecule has 0 amide bonds. The molecular weight excluding hydrogens is 1460 g/mol. The van der Waals surface area contributed by atoms with Crippen LogP contribution in [0.1, 0.15) is 0 Å². The summed E-state index contributed by atoms with van der Waals surface area (Å²) in [5, 5.41) is 207. The molecule has 109 heavy (non-hydrogen) atoms. The summed E-state index contributed by atoms with van der Waals surface area (Å²) in [5.74, 6) is 0. The zero-order valence-corrected chi connectivity index (χ0v) is 66.2. The van der Waals surface area contributed by atoms with Crippen molar-refractivity contribution in [3.63, 3.8) is 0 Å². The zero-order chi connectivity index (χ0) is 81.7. The summed E-state index contributed by atoms with van der Waals surface area (Å²) in [6, 6.07) is 0. The lowest BCUT2D eigenvalue weighted by molar-refractivity contribution is -0.873. The van der Waals surface area contributed by atoms with Gasteiger partial charge in [0.2, 0.25) is 0 Å². The molecule has 6 aliphatic rings. The zero-order valence-electron chi connectivity index (χ0n) is 66.2. The van der Waals surface area contributed by atoms with Crippen LogP contribution in [0.5, 0.6) is 0 Å². The molecule has 0 aliphatic carbocycles. The van der Waals surface area contributed by atoms with E-state index in [1.165, 1.54) is 14.2 Å². The first-order valence-corrected chi connectivity index (χ1v) is 36.9. The molecule has 0 spiro atoms. The number of hydrogen-bond acceptors (Lipinski definition) is 36. The number of methoxy groups -OCH3 is 2. The van der Waals surface area contributed by atoms with Crippen LogP contribution in [0.15, 0.2) is 0 Å². The van der Waals surface area contributed by atoms with E-state index in [1.807, 2.05) is 106 Å². The van der Waals surface area contributed by atoms with Crippen LogP contribution in [0, 0.1) is 0 Å². The molecule has 0 aromatic rings. The molecule has 0 radical (unpaired) electrons. The van der Waals surface area contributed by atoms with Crippen LogP contribution in [-0.2, 0) is 85.3 Å². The van der Waals surface area contributed by atoms with Crippen LogP contribution in [0.25, 0.3) is 0 Å². The third-order valence-electron chi connectivity index (χ3n) is 18.7. The van der Waals surface area contributed by atoms with Gasteiger partial charge in [-0.05, 0) is 0 Å². The van der Waals surface area contributed by atoms with Gasteiger partial charge in [0.25, 0.3) is 0 Å². The SMILES string of the molecule is CO[C@@H]1OC(COCC(O)C[N+](C)(C)C)[C@@H](O[C@H]2O[C@@H](CO[C@H]3O[C@@H](COCC(O)C[N+](C)(C)C)[C@H](O)C(O)C3O)[C@@H](O[C@@H]3OC(COCC(O)C[N+](C)(C)C)[C@@H](O[C@H]4O[C@@H](COCC(O)C[N+](C)(C)C)[C@@H](O[C@@H]5OC(COCC(O)C[N+](C)(C)C)[C@@H](OC)[C@@H](O)C5O)C(O)C4O)[C@@H](O)C3O)C(O)C2O)[C@@H](O)C1O. The number of nitrogens with zero attached hydrogens (tertiary/aromatic N) is 5. The molecule has 17 unspecified atom stereocenters. The van der Waals surface area contributed by atoms with Gasteiger partial charge in [-0.2, -0.15) is 0 Å². The highest BCUT2D eigenvalue weighted by Crippen LogP contribution is 2.38. The highest BCUT2D eigenvalue weighted by molar-refractivity contribution is 5.00. The lowest BCUT2D eigenvalue weighted by Crippen LogP contribution is -2.68. The second kappa shape index (κ2) is 42.2. The van der Waals surface area contributed by atoms with E-state index in [-0.39, 0.29) is 70.3 Å². The van der Waals surface area contributed by atoms with Gasteiger partial charge in [-0.3, -0.25) is 0 Å². The first kappa shape index (κ1) is 96.2. The summed E-state index contributed by atoms with van der Waals surface area (Å²) < 4.78 is 110. The fourth-order valence-corrected chi connectivity index (χ4v) is 13.8. The van der Waals surface area contributed by atoms with Crippen molar-refractivity contribution in [2.45, 2.75) is 215 Å². The molecule has 6 heterocycles. The molecule has 41 heteroatoms. The molecule has 644 valence electrons. The molecule has 6 aliphatic heterocycles. The molecular formula is C68H136N5O36+5. The van der Waals surface area contributed by atoms with Crippen LogP contribution in [-0.4, -0.2) is 554 Å². The Bertz CT molecular complexity index is 2580. The highest BCUT2D eigenvalue weighted by Gasteiger charge is 2.58. The van der Waals surface area contributed by atoms with Crippen molar-refractivity contribution < 1.29 is 200 Å². The molecule has 18 N–H and O–H groups in total. The molecule has 0 saturated carbocycles. The van der Waals surface area contributed by atoms with E-state index < -0.39 is 248 Å². The lowest BCUT2D eigenvalue weighted by Gasteiger charge is -2.50. The summed E-state index contributed by atoms with van der Waals surface area (Å²) >= 11 is 0. The molecule has 41 nitrogen and oxygen atoms in total. The summed E-state index contributed by atoms with van der Waals surface area (Å²) in [5.41, 5.74) is 0. The Morgan fingerprint density at radius 3 is 0.706 bits per heavy atom. The monoisotopic (exact) mass is 1600 g/mol. The number of hydrogen-bond donors (Lipinski definition) is 18. The minimum atomic E-state index is -2.29. The van der Waals surface area contributed by atoms with Gasteiger partial charge in [-0.25, -0.2) is 0 Å². The standard InChI is InChI=1S/C68H136N5O36/c1-69(2,3)18-34(74)23-94-28-39-45(79)46(80)52(86)64(100-39)99-33-44-62(51(85)57(91)68(105-44)106-59-41(101-63(93-17)53(87)48(59)82)30-96-25-36(76)20-71(7,8)9)109-67-56(90)50(84)61(43(104-67)32-98-27-38(78)22-73(13,14)15)108-66-55(89)49(83)60(42(103-66)31-97-26-37(77)21-72(10,11)12)107-65-54(88)47(81)58(92-16)40(102-65)29-95-24-35(75)19-70(4,5)6/h34-68,74-91H,18-33H2,1-17H3/q+5/t34?,35?,36?,37?,38?,39-,40?,41?,42-,43?,44-,45-,46?,47-,48-,49?,50-,51?,52?,53?,54?,55?,56?,57?,58+,59+,60+,61+,62+,63+,64-,65-,66+,67-,68+/m0/s1. The van der Waals surface area contributed by atoms with Crippen LogP contribution >= 0.6 is 0 Å². The Labute approximate surface area is 637 Å². The summed E-state index contributed by atoms with van der Waals surface area (Å²) in [6.07, 6.45) is -60.2. The van der Waals surface area contributed by atoms with E-state index in [0.29, 0.717) is 24.5 Å². The summed E-state index contributed by atoms with van der Waals surface area (Å²) in [6.45, 7) is -3.35. The van der Waals surface area contributed by atoms with E-state index in [4.69, 9.17) is 85.3 Å². The Balaban J connectivity index is 1.32. The van der Waals surface area contributed by atoms with E-state index in [2.05, 4.69) is 0 Å². The molecule has 35 atom stereocenters. The third-order valence-corrected chi connectivity index (χ3v) is 18.7. The fraction of sp³-hybridized carbons (Fsp3) is 1.00. The van der Waals surface area contributed by atoms with Gasteiger partial charge >= 0.3 is 0 Å². The second-order valence-electron chi connectivity index (χ2n) is 34.6. The quantitative estimate of drug-likeness (QED) is 0.0252. The predicted molar refractivity (Wildman–Crippen MR) is 372 cm³/mol. The maximum Gasteiger partial charge on any atom is 0.187 e. The average Bonchev–Trinajstić information content (AvgIpc) is 0.771. The van der Waals surface area contributed by atoms with Crippen molar-refractivity contribution in [1.82, 2.24) is 0 Å². The normalized spacial score (nSPS) is 39.8. The van der Waals surface area contributed by atoms with Crippen molar-refractivity contribution in [1.29, 1.82) is 0 Å². The molecule has 6 rings (SSSR count). The topological polar surface area (TPSA) is 530 Å². The Kier molecular flexibility index (Phi) is 37.2. The van der Waals surface area contributed by atoms with E-state index in [0.717, 1.165) is 0 Å². The number of aliphatic hydroxyl groups excluding tert-OH is 18. The Morgan fingerprint density at radius 2 is 0.450 bits per heavy atom. The minimum Gasteiger partial charge on any atom is -0.387 e. The van der Waals surface area contributed by atoms with Crippen molar-refractivity contribution in [3.8, 4) is 0 Å². The Morgan fingerprint density at radius 1 is 0.239 bits per heavy atom. The predicted octanol–water partition coefficient (Wildman–Crippen LogP) is -12.3. The fourth-order valence-electron chi connectivity index (χ4n) is 13.8. The largest absolute Gasteiger partial charge is 0.387 e. The number of aliphatic hydroxyl groups is 18. The smallest absolute Gasteiger partial charge is 0.187 e. The molecule has 6 fully saturated rings. The van der Waals surface area contributed by atoms with Crippen LogP contribution in [0.3, 0.4) is 0 Å². The number of likely N-dealkylation sites (N-methyl/N-ethyl adjacent to an activating group) is 5. The molecule has 0 aromatic carbocycles. The second-order valence-corrected chi connectivity index (χ2v) is 34.6. The van der Waals surface area contributed by atoms with Gasteiger partial charge in [0.05, 0.1) is 178 Å². The van der Waals surface area contributed by atoms with Gasteiger partial charge in [-0.15, -0.1) is 0 Å². The van der Waals surface area contributed by atoms with Gasteiger partial charge in [0.15, 0.2) is 37.7 Å². The number of quaternary nitrogens is 5. The van der Waals surface area contributed by atoms with E-state index in [1.54, 1.807) is 0 Å². The molecule has 0 aromatic heterocycles. The number of rotatable bonds is 43. The molecule has 6 saturated heterocycles. The summed E-state index contributed by atoms with van der Waals surface area (Å²) in [7, 11) is 30.1. The van der Waals surface area contributed by atoms with Crippen LogP contribution in [0.2, 0.25) is 0 Å². The van der Waals surface area contributed by atoms with E-state index >= 15 is 0 Å². The number of ether oxygens (including phenoxy) is 18. The summed E-state index contributed by atoms with van der Waals surface area (Å²) in [4.78, 5) is 0. The van der Waals surface area contributed by atoms with Gasteiger partial charge in [0, 0.05) is 14.2 Å². The highest BCUT2D eigenvalue weighted by atomic mass is 16.8. The average molecular weight is 1600 g/mol. The third kappa shape index (κ3) is 29.4. The van der Waals surface area contributed by atoms with Crippen molar-refractivity contribution in [2.75, 3.05) is 225 Å². The molecule has 0 bridgehead atoms. The maximum atomic E-state index is 12.4. The van der Waals surface area contributed by atoms with Gasteiger partial charge < -0.3 is 200 Å². The first-order valence-electron chi connectivity index (χ1n) is 36.9. The van der Waals surface area contributed by atoms with Crippen molar-refractivity contribution in [3.05, 3.63) is 0 Å². The lowest BCUT2D eigenvalue weighted by atomic mass is 9.95. The van der Waals surface area contributed by atoms with Crippen LogP contribution in [0.4, 0.5) is 0 Å².